The van der Waals surface area contributed by atoms with Crippen LogP contribution in [0, 0.1) is 5.82 Å². The number of anilines is 1. The monoisotopic (exact) mass is 477 g/mol. The van der Waals surface area contributed by atoms with Crippen LogP contribution in [0.1, 0.15) is 30.9 Å². The van der Waals surface area contributed by atoms with Crippen molar-refractivity contribution in [3.63, 3.8) is 0 Å². The Kier molecular flexibility index (Phi) is 7.45. The highest BCUT2D eigenvalue weighted by Gasteiger charge is 2.25. The number of sulfonamides is 1. The molecule has 0 amide bonds. The van der Waals surface area contributed by atoms with E-state index in [1.165, 1.54) is 16.6 Å². The molecule has 2 aliphatic rings. The van der Waals surface area contributed by atoms with Crippen LogP contribution in [0.3, 0.4) is 0 Å². The molecule has 2 aromatic rings. The largest absolute Gasteiger partial charge is 0.487 e. The van der Waals surface area contributed by atoms with Crippen LogP contribution < -0.4 is 9.64 Å². The fraction of sp³-hybridized carbons (Fsp3) is 0.565. The Morgan fingerprint density at radius 1 is 1.03 bits per heavy atom. The first kappa shape index (κ1) is 23.8. The number of hydrogen-bond acceptors (Lipinski definition) is 7. The lowest BCUT2D eigenvalue weighted by Gasteiger charge is -2.33. The van der Waals surface area contributed by atoms with E-state index in [1.54, 1.807) is 6.07 Å². The molecule has 2 aliphatic heterocycles. The van der Waals surface area contributed by atoms with Crippen LogP contribution in [0.25, 0.3) is 0 Å². The molecule has 0 unspecified atom stereocenters. The zero-order chi connectivity index (χ0) is 23.4. The minimum Gasteiger partial charge on any atom is -0.487 e. The molecule has 2 fully saturated rings. The molecule has 3 heterocycles. The lowest BCUT2D eigenvalue weighted by molar-refractivity contribution is 0.162. The number of hydrogen-bond donors (Lipinski definition) is 0. The van der Waals surface area contributed by atoms with Gasteiger partial charge < -0.3 is 9.64 Å². The van der Waals surface area contributed by atoms with Crippen molar-refractivity contribution < 1.29 is 17.5 Å². The van der Waals surface area contributed by atoms with Crippen LogP contribution >= 0.6 is 0 Å². The molecule has 8 nitrogen and oxygen atoms in total. The van der Waals surface area contributed by atoms with Crippen molar-refractivity contribution in [2.75, 3.05) is 50.4 Å². The van der Waals surface area contributed by atoms with Gasteiger partial charge in [-0.05, 0) is 29.7 Å². The molecule has 1 aromatic carbocycles. The fourth-order valence-electron chi connectivity index (χ4n) is 4.26. The zero-order valence-corrected chi connectivity index (χ0v) is 20.1. The molecule has 0 aliphatic carbocycles. The normalized spacial score (nSPS) is 19.1. The number of aryl methyl sites for hydroxylation is 1. The van der Waals surface area contributed by atoms with Gasteiger partial charge in [-0.3, -0.25) is 4.90 Å². The molecular weight excluding hydrogens is 445 g/mol. The Labute approximate surface area is 195 Å². The van der Waals surface area contributed by atoms with E-state index in [2.05, 4.69) is 26.7 Å². The summed E-state index contributed by atoms with van der Waals surface area (Å²) in [6.07, 6.45) is 7.41. The highest BCUT2D eigenvalue weighted by Crippen LogP contribution is 2.25. The Morgan fingerprint density at radius 3 is 2.27 bits per heavy atom. The molecule has 0 saturated carbocycles. The summed E-state index contributed by atoms with van der Waals surface area (Å²) in [5.74, 6) is 0.657. The van der Waals surface area contributed by atoms with Gasteiger partial charge in [0.1, 0.15) is 6.10 Å². The highest BCUT2D eigenvalue weighted by atomic mass is 32.2. The molecule has 0 N–H and O–H groups in total. The van der Waals surface area contributed by atoms with Crippen molar-refractivity contribution in [1.29, 1.82) is 0 Å². The number of piperazine rings is 1. The van der Waals surface area contributed by atoms with Crippen LogP contribution in [-0.2, 0) is 23.0 Å². The van der Waals surface area contributed by atoms with E-state index in [1.807, 2.05) is 18.5 Å². The number of benzene rings is 1. The summed E-state index contributed by atoms with van der Waals surface area (Å²) in [7, 11) is -3.15. The molecule has 0 bridgehead atoms. The maximum absolute atomic E-state index is 14.7. The quantitative estimate of drug-likeness (QED) is 0.606. The zero-order valence-electron chi connectivity index (χ0n) is 19.3. The van der Waals surface area contributed by atoms with E-state index in [0.29, 0.717) is 32.7 Å². The first-order valence-corrected chi connectivity index (χ1v) is 13.3. The van der Waals surface area contributed by atoms with E-state index >= 15 is 0 Å². The number of halogens is 1. The molecule has 0 atom stereocenters. The van der Waals surface area contributed by atoms with Crippen molar-refractivity contribution in [2.45, 2.75) is 38.8 Å². The van der Waals surface area contributed by atoms with Crippen LogP contribution in [0.15, 0.2) is 30.6 Å². The molecular formula is C23H32FN5O3S. The third-order valence-electron chi connectivity index (χ3n) is 6.32. The summed E-state index contributed by atoms with van der Waals surface area (Å²) >= 11 is 0. The molecule has 4 rings (SSSR count). The summed E-state index contributed by atoms with van der Waals surface area (Å²) in [4.78, 5) is 13.2. The van der Waals surface area contributed by atoms with Gasteiger partial charge in [-0.25, -0.2) is 22.8 Å². The summed E-state index contributed by atoms with van der Waals surface area (Å²) in [5.41, 5.74) is 1.97. The predicted molar refractivity (Wildman–Crippen MR) is 125 cm³/mol. The summed E-state index contributed by atoms with van der Waals surface area (Å²) in [5, 5.41) is 0. The van der Waals surface area contributed by atoms with Crippen molar-refractivity contribution in [3.8, 4) is 5.75 Å². The number of aromatic nitrogens is 2. The van der Waals surface area contributed by atoms with Gasteiger partial charge in [0.2, 0.25) is 16.0 Å². The van der Waals surface area contributed by atoms with Crippen LogP contribution in [0.4, 0.5) is 10.3 Å². The van der Waals surface area contributed by atoms with E-state index in [4.69, 9.17) is 4.74 Å². The van der Waals surface area contributed by atoms with Gasteiger partial charge in [-0.2, -0.15) is 4.31 Å². The lowest BCUT2D eigenvalue weighted by atomic mass is 10.1. The standard InChI is InChI=1S/C23H32FN5O3S/c1-3-18-15-25-23(26-16-18)28-8-6-20(7-9-28)32-22-5-4-19(14-21(22)24)17-27-10-12-29(13-11-27)33(2,30)31/h4-5,14-16,20H,3,6-13,17H2,1-2H3. The molecule has 2 saturated heterocycles. The molecule has 0 radical (unpaired) electrons. The summed E-state index contributed by atoms with van der Waals surface area (Å²) < 4.78 is 45.5. The minimum absolute atomic E-state index is 0.0411. The van der Waals surface area contributed by atoms with Gasteiger partial charge in [-0.15, -0.1) is 0 Å². The summed E-state index contributed by atoms with van der Waals surface area (Å²) in [6, 6.07) is 5.12. The maximum atomic E-state index is 14.7. The van der Waals surface area contributed by atoms with Gasteiger partial charge in [0.25, 0.3) is 0 Å². The minimum atomic E-state index is -3.15. The van der Waals surface area contributed by atoms with Crippen molar-refractivity contribution in [1.82, 2.24) is 19.2 Å². The SMILES string of the molecule is CCc1cnc(N2CCC(Oc3ccc(CN4CCN(S(C)(=O)=O)CC4)cc3F)CC2)nc1. The van der Waals surface area contributed by atoms with Gasteiger partial charge >= 0.3 is 0 Å². The molecule has 1 aromatic heterocycles. The highest BCUT2D eigenvalue weighted by molar-refractivity contribution is 7.88. The number of ether oxygens (including phenoxy) is 1. The van der Waals surface area contributed by atoms with Crippen LogP contribution in [0.2, 0.25) is 0 Å². The average Bonchev–Trinajstić information content (AvgIpc) is 2.81. The van der Waals surface area contributed by atoms with Crippen LogP contribution in [0.5, 0.6) is 5.75 Å². The van der Waals surface area contributed by atoms with Crippen molar-refractivity contribution in [2.24, 2.45) is 0 Å². The van der Waals surface area contributed by atoms with Gasteiger partial charge in [0.05, 0.1) is 6.26 Å². The molecule has 180 valence electrons. The van der Waals surface area contributed by atoms with E-state index < -0.39 is 10.0 Å². The Bertz CT molecular complexity index is 1030. The Morgan fingerprint density at radius 2 is 1.70 bits per heavy atom. The molecule has 33 heavy (non-hydrogen) atoms. The van der Waals surface area contributed by atoms with Crippen molar-refractivity contribution >= 4 is 16.0 Å². The topological polar surface area (TPSA) is 78.9 Å². The van der Waals surface area contributed by atoms with Gasteiger partial charge in [-0.1, -0.05) is 13.0 Å². The maximum Gasteiger partial charge on any atom is 0.225 e. The fourth-order valence-corrected chi connectivity index (χ4v) is 5.09. The van der Waals surface area contributed by atoms with E-state index in [0.717, 1.165) is 49.4 Å². The average molecular weight is 478 g/mol. The van der Waals surface area contributed by atoms with Gasteiger partial charge in [0, 0.05) is 71.0 Å². The Balaban J connectivity index is 1.27. The van der Waals surface area contributed by atoms with E-state index in [-0.39, 0.29) is 17.7 Å². The number of rotatable bonds is 7. The van der Waals surface area contributed by atoms with Crippen LogP contribution in [-0.4, -0.2) is 79.2 Å². The third-order valence-corrected chi connectivity index (χ3v) is 7.62. The molecule has 10 heteroatoms. The van der Waals surface area contributed by atoms with Gasteiger partial charge in [0.15, 0.2) is 11.6 Å². The van der Waals surface area contributed by atoms with E-state index in [9.17, 15) is 12.8 Å². The second kappa shape index (κ2) is 10.3. The smallest absolute Gasteiger partial charge is 0.225 e. The predicted octanol–water partition coefficient (Wildman–Crippen LogP) is 2.30. The number of nitrogens with zero attached hydrogens (tertiary/aromatic N) is 5. The summed E-state index contributed by atoms with van der Waals surface area (Å²) in [6.45, 7) is 6.42. The second-order valence-corrected chi connectivity index (χ2v) is 10.7. The third kappa shape index (κ3) is 6.18. The molecule has 0 spiro atoms. The van der Waals surface area contributed by atoms with Crippen molar-refractivity contribution in [3.05, 3.63) is 47.5 Å². The first-order valence-electron chi connectivity index (χ1n) is 11.5. The second-order valence-electron chi connectivity index (χ2n) is 8.75. The first-order chi connectivity index (χ1) is 15.8. The lowest BCUT2D eigenvalue weighted by Crippen LogP contribution is -2.47. The number of piperidine rings is 1. The Hall–Kier alpha value is -2.30.